The Morgan fingerprint density at radius 1 is 1.40 bits per heavy atom. The quantitative estimate of drug-likeness (QED) is 0.832. The number of nitrogens with one attached hydrogen (secondary N) is 1. The van der Waals surface area contributed by atoms with Crippen molar-refractivity contribution in [2.75, 3.05) is 11.9 Å². The fourth-order valence-corrected chi connectivity index (χ4v) is 1.77. The molecule has 1 aromatic heterocycles. The highest BCUT2D eigenvalue weighted by atomic mass is 35.5. The van der Waals surface area contributed by atoms with Crippen molar-refractivity contribution in [1.82, 2.24) is 4.98 Å². The fraction of sp³-hybridized carbons (Fsp3) is 0.0667. The Labute approximate surface area is 122 Å². The number of halogens is 1. The molecule has 1 amide bonds. The van der Waals surface area contributed by atoms with E-state index in [1.54, 1.807) is 42.7 Å². The maximum atomic E-state index is 12.0. The summed E-state index contributed by atoms with van der Waals surface area (Å²) in [7, 11) is 0. The number of carbonyl (C=O) groups excluding carboxylic acids is 1. The monoisotopic (exact) mass is 285 g/mol. The van der Waals surface area contributed by atoms with Crippen LogP contribution in [0.25, 0.3) is 0 Å². The minimum absolute atomic E-state index is 0.252. The third kappa shape index (κ3) is 3.58. The first kappa shape index (κ1) is 14.1. The van der Waals surface area contributed by atoms with Gasteiger partial charge in [0.15, 0.2) is 0 Å². The summed E-state index contributed by atoms with van der Waals surface area (Å²) >= 11 is 6.08. The Kier molecular flexibility index (Phi) is 4.72. The molecule has 0 aliphatic carbocycles. The SMILES string of the molecule is NCC#Cc1ccc(C(=O)Nc2cccnc2)cc1Cl. The Balaban J connectivity index is 2.17. The maximum absolute atomic E-state index is 12.0. The molecule has 5 heteroatoms. The van der Waals surface area contributed by atoms with Crippen molar-refractivity contribution in [3.8, 4) is 11.8 Å². The van der Waals surface area contributed by atoms with E-state index in [1.165, 1.54) is 0 Å². The molecule has 0 radical (unpaired) electrons. The van der Waals surface area contributed by atoms with Crippen LogP contribution in [-0.4, -0.2) is 17.4 Å². The standard InChI is InChI=1S/C15H12ClN3O/c16-14-9-12(6-5-11(14)3-1-7-17)15(20)19-13-4-2-8-18-10-13/h2,4-6,8-10H,7,17H2,(H,19,20). The number of rotatable bonds is 2. The number of aromatic nitrogens is 1. The molecule has 3 N–H and O–H groups in total. The van der Waals surface area contributed by atoms with Crippen LogP contribution < -0.4 is 11.1 Å². The van der Waals surface area contributed by atoms with Gasteiger partial charge in [-0.1, -0.05) is 23.4 Å². The number of amides is 1. The van der Waals surface area contributed by atoms with E-state index in [2.05, 4.69) is 22.1 Å². The molecule has 1 heterocycles. The predicted octanol–water partition coefficient (Wildman–Crippen LogP) is 2.30. The lowest BCUT2D eigenvalue weighted by Gasteiger charge is -2.05. The highest BCUT2D eigenvalue weighted by Gasteiger charge is 2.08. The van der Waals surface area contributed by atoms with E-state index in [-0.39, 0.29) is 12.5 Å². The number of carbonyl (C=O) groups is 1. The fourth-order valence-electron chi connectivity index (χ4n) is 1.54. The molecule has 0 aliphatic heterocycles. The van der Waals surface area contributed by atoms with Crippen molar-refractivity contribution in [2.24, 2.45) is 5.73 Å². The van der Waals surface area contributed by atoms with Crippen LogP contribution in [0.3, 0.4) is 0 Å². The van der Waals surface area contributed by atoms with E-state index < -0.39 is 0 Å². The molecule has 0 unspecified atom stereocenters. The summed E-state index contributed by atoms with van der Waals surface area (Å²) in [6, 6.07) is 8.44. The molecule has 2 aromatic rings. The van der Waals surface area contributed by atoms with Gasteiger partial charge in [0, 0.05) is 17.3 Å². The first-order chi connectivity index (χ1) is 9.70. The van der Waals surface area contributed by atoms with Crippen molar-refractivity contribution < 1.29 is 4.79 Å². The number of anilines is 1. The summed E-state index contributed by atoms with van der Waals surface area (Å²) in [4.78, 5) is 16.0. The summed E-state index contributed by atoms with van der Waals surface area (Å²) in [6.45, 7) is 0.263. The first-order valence-electron chi connectivity index (χ1n) is 5.90. The van der Waals surface area contributed by atoms with Crippen LogP contribution in [0.1, 0.15) is 15.9 Å². The van der Waals surface area contributed by atoms with E-state index in [0.717, 1.165) is 0 Å². The topological polar surface area (TPSA) is 68.0 Å². The van der Waals surface area contributed by atoms with Crippen LogP contribution >= 0.6 is 11.6 Å². The Morgan fingerprint density at radius 3 is 2.90 bits per heavy atom. The lowest BCUT2D eigenvalue weighted by Crippen LogP contribution is -2.12. The second-order valence-electron chi connectivity index (χ2n) is 3.90. The largest absolute Gasteiger partial charge is 0.321 e. The van der Waals surface area contributed by atoms with Gasteiger partial charge >= 0.3 is 0 Å². The van der Waals surface area contributed by atoms with Crippen LogP contribution in [0.5, 0.6) is 0 Å². The lowest BCUT2D eigenvalue weighted by molar-refractivity contribution is 0.102. The zero-order chi connectivity index (χ0) is 14.4. The molecular weight excluding hydrogens is 274 g/mol. The second kappa shape index (κ2) is 6.71. The van der Waals surface area contributed by atoms with Crippen LogP contribution in [0, 0.1) is 11.8 Å². The number of pyridine rings is 1. The van der Waals surface area contributed by atoms with Gasteiger partial charge in [-0.25, -0.2) is 0 Å². The third-order valence-corrected chi connectivity index (χ3v) is 2.79. The maximum Gasteiger partial charge on any atom is 0.255 e. The van der Waals surface area contributed by atoms with E-state index in [1.807, 2.05) is 0 Å². The van der Waals surface area contributed by atoms with Crippen molar-refractivity contribution >= 4 is 23.2 Å². The molecule has 0 fully saturated rings. The summed E-state index contributed by atoms with van der Waals surface area (Å²) in [5, 5.41) is 3.15. The minimum atomic E-state index is -0.252. The van der Waals surface area contributed by atoms with Gasteiger partial charge in [-0.05, 0) is 30.3 Å². The summed E-state index contributed by atoms with van der Waals surface area (Å²) in [5.74, 6) is 5.31. The van der Waals surface area contributed by atoms with Gasteiger partial charge in [0.25, 0.3) is 5.91 Å². The highest BCUT2D eigenvalue weighted by Crippen LogP contribution is 2.18. The van der Waals surface area contributed by atoms with Gasteiger partial charge < -0.3 is 11.1 Å². The van der Waals surface area contributed by atoms with Gasteiger partial charge in [0.05, 0.1) is 23.5 Å². The molecule has 2 rings (SSSR count). The molecule has 4 nitrogen and oxygen atoms in total. The Bertz CT molecular complexity index is 675. The molecule has 20 heavy (non-hydrogen) atoms. The molecule has 1 aromatic carbocycles. The van der Waals surface area contributed by atoms with Crippen LogP contribution in [-0.2, 0) is 0 Å². The average Bonchev–Trinajstić information content (AvgIpc) is 2.47. The van der Waals surface area contributed by atoms with Gasteiger partial charge in [-0.15, -0.1) is 0 Å². The summed E-state index contributed by atoms with van der Waals surface area (Å²) in [5.41, 5.74) is 7.03. The molecule has 0 saturated heterocycles. The zero-order valence-corrected chi connectivity index (χ0v) is 11.3. The normalized spacial score (nSPS) is 9.50. The number of benzene rings is 1. The van der Waals surface area contributed by atoms with Crippen LogP contribution in [0.2, 0.25) is 5.02 Å². The first-order valence-corrected chi connectivity index (χ1v) is 6.28. The molecule has 0 aliphatic rings. The van der Waals surface area contributed by atoms with E-state index in [4.69, 9.17) is 17.3 Å². The molecule has 100 valence electrons. The summed E-state index contributed by atoms with van der Waals surface area (Å²) < 4.78 is 0. The third-order valence-electron chi connectivity index (χ3n) is 2.48. The van der Waals surface area contributed by atoms with E-state index in [0.29, 0.717) is 21.8 Å². The van der Waals surface area contributed by atoms with Crippen molar-refractivity contribution in [3.63, 3.8) is 0 Å². The van der Waals surface area contributed by atoms with E-state index >= 15 is 0 Å². The van der Waals surface area contributed by atoms with Gasteiger partial charge in [0.2, 0.25) is 0 Å². The molecule has 0 saturated carbocycles. The number of nitrogens with zero attached hydrogens (tertiary/aromatic N) is 1. The zero-order valence-electron chi connectivity index (χ0n) is 10.6. The smallest absolute Gasteiger partial charge is 0.255 e. The van der Waals surface area contributed by atoms with Gasteiger partial charge in [0.1, 0.15) is 0 Å². The Morgan fingerprint density at radius 2 is 2.25 bits per heavy atom. The molecular formula is C15H12ClN3O. The predicted molar refractivity (Wildman–Crippen MR) is 79.6 cm³/mol. The second-order valence-corrected chi connectivity index (χ2v) is 4.30. The molecule has 0 bridgehead atoms. The Hall–Kier alpha value is -2.35. The number of hydrogen-bond donors (Lipinski definition) is 2. The van der Waals surface area contributed by atoms with E-state index in [9.17, 15) is 4.79 Å². The van der Waals surface area contributed by atoms with Crippen molar-refractivity contribution in [2.45, 2.75) is 0 Å². The summed E-state index contributed by atoms with van der Waals surface area (Å²) in [6.07, 6.45) is 3.21. The van der Waals surface area contributed by atoms with Crippen molar-refractivity contribution in [1.29, 1.82) is 0 Å². The lowest BCUT2D eigenvalue weighted by atomic mass is 10.1. The average molecular weight is 286 g/mol. The number of nitrogens with two attached hydrogens (primary N) is 1. The van der Waals surface area contributed by atoms with Crippen molar-refractivity contribution in [3.05, 3.63) is 58.9 Å². The van der Waals surface area contributed by atoms with Gasteiger partial charge in [-0.2, -0.15) is 0 Å². The van der Waals surface area contributed by atoms with Crippen LogP contribution in [0.4, 0.5) is 5.69 Å². The highest BCUT2D eigenvalue weighted by molar-refractivity contribution is 6.32. The van der Waals surface area contributed by atoms with Crippen LogP contribution in [0.15, 0.2) is 42.7 Å². The number of hydrogen-bond acceptors (Lipinski definition) is 3. The minimum Gasteiger partial charge on any atom is -0.321 e. The molecule has 0 atom stereocenters. The van der Waals surface area contributed by atoms with Gasteiger partial charge in [-0.3, -0.25) is 9.78 Å². The molecule has 0 spiro atoms.